The van der Waals surface area contributed by atoms with E-state index in [0.717, 1.165) is 12.1 Å². The van der Waals surface area contributed by atoms with Crippen LogP contribution in [0.4, 0.5) is 18.9 Å². The van der Waals surface area contributed by atoms with Crippen molar-refractivity contribution >= 4 is 17.5 Å². The van der Waals surface area contributed by atoms with Crippen LogP contribution in [0.5, 0.6) is 0 Å². The second kappa shape index (κ2) is 8.68. The van der Waals surface area contributed by atoms with E-state index >= 15 is 0 Å². The maximum atomic E-state index is 12.7. The number of amides is 1. The van der Waals surface area contributed by atoms with Gasteiger partial charge in [-0.25, -0.2) is 9.67 Å². The lowest BCUT2D eigenvalue weighted by Crippen LogP contribution is -2.26. The lowest BCUT2D eigenvalue weighted by Gasteiger charge is -2.10. The summed E-state index contributed by atoms with van der Waals surface area (Å²) in [5, 5.41) is 6.60. The summed E-state index contributed by atoms with van der Waals surface area (Å²) in [6, 6.07) is 7.54. The molecular formula is C21H20F3N5O2. The fourth-order valence-corrected chi connectivity index (χ4v) is 2.79. The van der Waals surface area contributed by atoms with Crippen molar-refractivity contribution in [3.8, 4) is 11.3 Å². The highest BCUT2D eigenvalue weighted by atomic mass is 19.4. The lowest BCUT2D eigenvalue weighted by atomic mass is 10.1. The molecule has 2 heterocycles. The molecule has 0 saturated heterocycles. The monoisotopic (exact) mass is 431 g/mol. The van der Waals surface area contributed by atoms with Crippen LogP contribution in [0.1, 0.15) is 26.4 Å². The highest BCUT2D eigenvalue weighted by Crippen LogP contribution is 2.30. The first-order valence-electron chi connectivity index (χ1n) is 9.24. The summed E-state index contributed by atoms with van der Waals surface area (Å²) in [6.07, 6.45) is -1.45. The van der Waals surface area contributed by atoms with Crippen molar-refractivity contribution < 1.29 is 22.8 Å². The summed E-state index contributed by atoms with van der Waals surface area (Å²) in [5.74, 6) is -0.779. The molecule has 1 aromatic carbocycles. The predicted octanol–water partition coefficient (Wildman–Crippen LogP) is 3.73. The molecule has 162 valence electrons. The first kappa shape index (κ1) is 22.2. The summed E-state index contributed by atoms with van der Waals surface area (Å²) in [7, 11) is 3.54. The third-order valence-electron chi connectivity index (χ3n) is 4.37. The van der Waals surface area contributed by atoms with Crippen molar-refractivity contribution in [3.63, 3.8) is 0 Å². The van der Waals surface area contributed by atoms with Gasteiger partial charge in [-0.3, -0.25) is 9.59 Å². The van der Waals surface area contributed by atoms with E-state index in [1.165, 1.54) is 29.2 Å². The van der Waals surface area contributed by atoms with Gasteiger partial charge in [-0.2, -0.15) is 18.3 Å². The number of hydrogen-bond acceptors (Lipinski definition) is 5. The number of nitrogens with zero attached hydrogens (tertiary/aromatic N) is 4. The maximum absolute atomic E-state index is 12.7. The van der Waals surface area contributed by atoms with E-state index in [9.17, 15) is 22.8 Å². The summed E-state index contributed by atoms with van der Waals surface area (Å²) < 4.78 is 39.3. The second-order valence-electron chi connectivity index (χ2n) is 7.20. The van der Waals surface area contributed by atoms with Gasteiger partial charge in [0.15, 0.2) is 0 Å². The van der Waals surface area contributed by atoms with E-state index in [2.05, 4.69) is 15.4 Å². The Balaban J connectivity index is 1.80. The number of carbonyl (C=O) groups excluding carboxylic acids is 2. The number of hydrogen-bond donors (Lipinski definition) is 1. The number of anilines is 1. The third kappa shape index (κ3) is 5.34. The Morgan fingerprint density at radius 3 is 2.39 bits per heavy atom. The van der Waals surface area contributed by atoms with Crippen LogP contribution in [0.2, 0.25) is 0 Å². The van der Waals surface area contributed by atoms with Gasteiger partial charge in [0.2, 0.25) is 0 Å². The van der Waals surface area contributed by atoms with Crippen LogP contribution >= 0.6 is 0 Å². The van der Waals surface area contributed by atoms with Crippen LogP contribution in [-0.4, -0.2) is 52.1 Å². The summed E-state index contributed by atoms with van der Waals surface area (Å²) >= 11 is 0. The van der Waals surface area contributed by atoms with Crippen LogP contribution in [-0.2, 0) is 6.18 Å². The molecular weight excluding hydrogens is 411 g/mol. The summed E-state index contributed by atoms with van der Waals surface area (Å²) in [6.45, 7) is 1.88. The van der Waals surface area contributed by atoms with Gasteiger partial charge in [0.25, 0.3) is 11.8 Å². The highest BCUT2D eigenvalue weighted by molar-refractivity contribution is 6.04. The van der Waals surface area contributed by atoms with Crippen LogP contribution in [0.3, 0.4) is 0 Å². The molecule has 31 heavy (non-hydrogen) atoms. The average molecular weight is 431 g/mol. The molecule has 0 radical (unpaired) electrons. The molecule has 1 N–H and O–H groups in total. The topological polar surface area (TPSA) is 80.1 Å². The van der Waals surface area contributed by atoms with Crippen LogP contribution in [0, 0.1) is 6.92 Å². The molecule has 0 aliphatic carbocycles. The van der Waals surface area contributed by atoms with Crippen molar-refractivity contribution in [1.29, 1.82) is 0 Å². The van der Waals surface area contributed by atoms with Gasteiger partial charge < -0.3 is 10.2 Å². The number of pyridine rings is 1. The molecule has 0 saturated carbocycles. The minimum atomic E-state index is -4.45. The van der Waals surface area contributed by atoms with E-state index < -0.39 is 17.6 Å². The van der Waals surface area contributed by atoms with Gasteiger partial charge >= 0.3 is 6.18 Å². The molecule has 0 unspecified atom stereocenters. The molecule has 1 amide bonds. The third-order valence-corrected chi connectivity index (χ3v) is 4.37. The van der Waals surface area contributed by atoms with Crippen molar-refractivity contribution in [2.24, 2.45) is 0 Å². The number of likely N-dealkylation sites (N-methyl/N-ethyl adjacent to an activating group) is 1. The number of halogens is 3. The van der Waals surface area contributed by atoms with Gasteiger partial charge in [-0.15, -0.1) is 0 Å². The van der Waals surface area contributed by atoms with E-state index in [0.29, 0.717) is 16.8 Å². The van der Waals surface area contributed by atoms with Crippen molar-refractivity contribution in [1.82, 2.24) is 19.7 Å². The van der Waals surface area contributed by atoms with Crippen molar-refractivity contribution in [2.75, 3.05) is 26.0 Å². The fourth-order valence-electron chi connectivity index (χ4n) is 2.79. The van der Waals surface area contributed by atoms with E-state index in [4.69, 9.17) is 0 Å². The van der Waals surface area contributed by atoms with E-state index in [1.54, 1.807) is 38.1 Å². The molecule has 7 nitrogen and oxygen atoms in total. The number of aromatic nitrogens is 3. The molecule has 3 aromatic rings. The Hall–Kier alpha value is -3.53. The molecule has 0 spiro atoms. The Labute approximate surface area is 176 Å². The van der Waals surface area contributed by atoms with Gasteiger partial charge in [0.1, 0.15) is 5.69 Å². The fraction of sp³-hybridized carbons (Fsp3) is 0.238. The molecule has 2 aromatic heterocycles. The van der Waals surface area contributed by atoms with Gasteiger partial charge in [0.05, 0.1) is 24.0 Å². The van der Waals surface area contributed by atoms with Gasteiger partial charge in [-0.1, -0.05) is 6.07 Å². The predicted molar refractivity (Wildman–Crippen MR) is 109 cm³/mol. The van der Waals surface area contributed by atoms with Crippen LogP contribution in [0.25, 0.3) is 11.3 Å². The zero-order valence-corrected chi connectivity index (χ0v) is 17.1. The summed E-state index contributed by atoms with van der Waals surface area (Å²) in [5.41, 5.74) is 1.10. The Morgan fingerprint density at radius 1 is 1.10 bits per heavy atom. The van der Waals surface area contributed by atoms with Crippen LogP contribution in [0.15, 0.2) is 48.8 Å². The first-order valence-corrected chi connectivity index (χ1v) is 9.24. The second-order valence-corrected chi connectivity index (χ2v) is 7.20. The number of nitrogens with one attached hydrogen (secondary N) is 1. The molecule has 0 fully saturated rings. The Kier molecular flexibility index (Phi) is 6.21. The first-order chi connectivity index (χ1) is 14.5. The number of carbonyl (C=O) groups is 2. The Bertz CT molecular complexity index is 1100. The van der Waals surface area contributed by atoms with Gasteiger partial charge in [-0.05, 0) is 56.9 Å². The zero-order valence-electron chi connectivity index (χ0n) is 17.1. The summed E-state index contributed by atoms with van der Waals surface area (Å²) in [4.78, 5) is 30.9. The SMILES string of the molecule is Cc1ccc(-c2cnn(C(=O)CN(C)C)c2)nc1C(=O)Nc1ccc(C(F)(F)F)cc1. The minimum Gasteiger partial charge on any atom is -0.321 e. The van der Waals surface area contributed by atoms with Gasteiger partial charge in [0, 0.05) is 17.4 Å². The number of alkyl halides is 3. The normalized spacial score (nSPS) is 11.6. The average Bonchev–Trinajstić information content (AvgIpc) is 3.18. The molecule has 10 heteroatoms. The number of benzene rings is 1. The molecule has 0 aliphatic heterocycles. The molecule has 0 bridgehead atoms. The minimum absolute atomic E-state index is 0.116. The smallest absolute Gasteiger partial charge is 0.321 e. The van der Waals surface area contributed by atoms with Crippen molar-refractivity contribution in [3.05, 3.63) is 65.6 Å². The maximum Gasteiger partial charge on any atom is 0.416 e. The highest BCUT2D eigenvalue weighted by Gasteiger charge is 2.30. The van der Waals surface area contributed by atoms with E-state index in [-0.39, 0.29) is 23.8 Å². The lowest BCUT2D eigenvalue weighted by molar-refractivity contribution is -0.137. The number of aryl methyl sites for hydroxylation is 1. The van der Waals surface area contributed by atoms with E-state index in [1.807, 2.05) is 0 Å². The van der Waals surface area contributed by atoms with Crippen molar-refractivity contribution in [2.45, 2.75) is 13.1 Å². The quantitative estimate of drug-likeness (QED) is 0.666. The zero-order chi connectivity index (χ0) is 22.8. The van der Waals surface area contributed by atoms with Crippen LogP contribution < -0.4 is 5.32 Å². The standard InChI is InChI=1S/C21H20F3N5O2/c1-13-4-9-17(14-10-25-29(11-14)18(30)12-28(2)3)27-19(13)20(31)26-16-7-5-15(6-8-16)21(22,23)24/h4-11H,12H2,1-3H3,(H,26,31). The Morgan fingerprint density at radius 2 is 1.77 bits per heavy atom. The molecule has 0 aliphatic rings. The molecule has 0 atom stereocenters. The largest absolute Gasteiger partial charge is 0.416 e. The molecule has 3 rings (SSSR count). The number of rotatable bonds is 5.